The molecular weight excluding hydrogens is 386 g/mol. The minimum atomic E-state index is -0.247. The first-order chi connectivity index (χ1) is 14.0. The van der Waals surface area contributed by atoms with Crippen molar-refractivity contribution in [1.82, 2.24) is 4.90 Å². The van der Waals surface area contributed by atoms with Gasteiger partial charge in [-0.2, -0.15) is 11.3 Å². The number of anilines is 2. The number of carbonyl (C=O) groups is 2. The average molecular weight is 410 g/mol. The number of carbonyl (C=O) groups excluding carboxylic acids is 2. The number of para-hydroxylation sites is 2. The maximum Gasteiger partial charge on any atom is 0.255 e. The van der Waals surface area contributed by atoms with Crippen LogP contribution in [0.1, 0.15) is 15.9 Å². The second kappa shape index (κ2) is 9.86. The van der Waals surface area contributed by atoms with E-state index < -0.39 is 0 Å². The largest absolute Gasteiger partial charge is 0.495 e. The van der Waals surface area contributed by atoms with E-state index in [0.29, 0.717) is 22.7 Å². The van der Waals surface area contributed by atoms with Crippen LogP contribution < -0.4 is 15.4 Å². The fourth-order valence-electron chi connectivity index (χ4n) is 2.84. The fraction of sp³-hybridized carbons (Fsp3) is 0.182. The molecule has 0 atom stereocenters. The van der Waals surface area contributed by atoms with Crippen molar-refractivity contribution in [3.8, 4) is 5.75 Å². The molecule has 2 amide bonds. The Morgan fingerprint density at radius 2 is 1.79 bits per heavy atom. The van der Waals surface area contributed by atoms with Crippen LogP contribution in [0.3, 0.4) is 0 Å². The number of hydrogen-bond acceptors (Lipinski definition) is 5. The van der Waals surface area contributed by atoms with E-state index in [0.717, 1.165) is 6.54 Å². The zero-order valence-electron chi connectivity index (χ0n) is 16.3. The minimum Gasteiger partial charge on any atom is -0.495 e. The zero-order valence-corrected chi connectivity index (χ0v) is 17.2. The van der Waals surface area contributed by atoms with Gasteiger partial charge in [-0.25, -0.2) is 0 Å². The first-order valence-electron chi connectivity index (χ1n) is 9.09. The number of ether oxygens (including phenoxy) is 1. The molecule has 0 fully saturated rings. The summed E-state index contributed by atoms with van der Waals surface area (Å²) in [7, 11) is 3.46. The second-order valence-corrected chi connectivity index (χ2v) is 7.36. The number of nitrogens with zero attached hydrogens (tertiary/aromatic N) is 1. The second-order valence-electron chi connectivity index (χ2n) is 6.58. The van der Waals surface area contributed by atoms with Crippen molar-refractivity contribution in [2.75, 3.05) is 31.3 Å². The van der Waals surface area contributed by atoms with Crippen LogP contribution in [0.4, 0.5) is 11.4 Å². The zero-order chi connectivity index (χ0) is 20.6. The summed E-state index contributed by atoms with van der Waals surface area (Å²) in [6, 6.07) is 16.1. The molecule has 0 saturated heterocycles. The van der Waals surface area contributed by atoms with Crippen LogP contribution in [0, 0.1) is 0 Å². The highest BCUT2D eigenvalue weighted by Gasteiger charge is 2.11. The van der Waals surface area contributed by atoms with Gasteiger partial charge in [0.1, 0.15) is 5.75 Å². The molecule has 3 aromatic rings. The number of benzene rings is 2. The lowest BCUT2D eigenvalue weighted by molar-refractivity contribution is -0.117. The normalized spacial score (nSPS) is 10.6. The lowest BCUT2D eigenvalue weighted by Gasteiger charge is -2.15. The maximum absolute atomic E-state index is 12.5. The van der Waals surface area contributed by atoms with Gasteiger partial charge >= 0.3 is 0 Å². The molecule has 0 bridgehead atoms. The van der Waals surface area contributed by atoms with E-state index in [-0.39, 0.29) is 18.4 Å². The van der Waals surface area contributed by atoms with Gasteiger partial charge in [-0.15, -0.1) is 0 Å². The number of amides is 2. The van der Waals surface area contributed by atoms with Crippen LogP contribution in [-0.2, 0) is 11.3 Å². The van der Waals surface area contributed by atoms with E-state index in [9.17, 15) is 9.59 Å². The Morgan fingerprint density at radius 1 is 1.03 bits per heavy atom. The maximum atomic E-state index is 12.5. The molecule has 6 nitrogen and oxygen atoms in total. The van der Waals surface area contributed by atoms with Crippen molar-refractivity contribution in [1.29, 1.82) is 0 Å². The van der Waals surface area contributed by atoms with Gasteiger partial charge in [-0.3, -0.25) is 14.5 Å². The van der Waals surface area contributed by atoms with Crippen molar-refractivity contribution >= 4 is 34.5 Å². The number of likely N-dealkylation sites (N-methyl/N-ethyl adjacent to an activating group) is 1. The molecule has 0 radical (unpaired) electrons. The topological polar surface area (TPSA) is 70.7 Å². The smallest absolute Gasteiger partial charge is 0.255 e. The van der Waals surface area contributed by atoms with Gasteiger partial charge in [-0.1, -0.05) is 12.1 Å². The Labute approximate surface area is 174 Å². The van der Waals surface area contributed by atoms with E-state index in [1.165, 1.54) is 5.56 Å². The minimum absolute atomic E-state index is 0.103. The predicted octanol–water partition coefficient (Wildman–Crippen LogP) is 4.08. The highest BCUT2D eigenvalue weighted by molar-refractivity contribution is 7.07. The number of hydrogen-bond donors (Lipinski definition) is 2. The molecule has 2 N–H and O–H groups in total. The predicted molar refractivity (Wildman–Crippen MR) is 117 cm³/mol. The Hall–Kier alpha value is -3.16. The molecule has 2 aromatic carbocycles. The van der Waals surface area contributed by atoms with Gasteiger partial charge in [0.2, 0.25) is 5.91 Å². The van der Waals surface area contributed by atoms with Crippen LogP contribution >= 0.6 is 11.3 Å². The summed E-state index contributed by atoms with van der Waals surface area (Å²) in [5.41, 5.74) is 2.93. The van der Waals surface area contributed by atoms with Gasteiger partial charge in [0, 0.05) is 17.8 Å². The third kappa shape index (κ3) is 5.91. The van der Waals surface area contributed by atoms with Gasteiger partial charge in [0.15, 0.2) is 0 Å². The number of thiophene rings is 1. The molecule has 1 aromatic heterocycles. The van der Waals surface area contributed by atoms with E-state index >= 15 is 0 Å². The molecule has 3 rings (SSSR count). The fourth-order valence-corrected chi connectivity index (χ4v) is 3.50. The van der Waals surface area contributed by atoms with Crippen LogP contribution in [0.15, 0.2) is 65.4 Å². The first-order valence-corrected chi connectivity index (χ1v) is 10.0. The van der Waals surface area contributed by atoms with Gasteiger partial charge < -0.3 is 15.4 Å². The Bertz CT molecular complexity index is 956. The Kier molecular flexibility index (Phi) is 6.99. The first kappa shape index (κ1) is 20.6. The molecule has 7 heteroatoms. The molecule has 150 valence electrons. The number of nitrogens with one attached hydrogen (secondary N) is 2. The molecule has 0 saturated carbocycles. The van der Waals surface area contributed by atoms with Gasteiger partial charge in [-0.05, 0) is 65.8 Å². The third-order valence-corrected chi connectivity index (χ3v) is 4.96. The highest BCUT2D eigenvalue weighted by atomic mass is 32.1. The summed E-state index contributed by atoms with van der Waals surface area (Å²) in [6.45, 7) is 1.00. The molecule has 0 aliphatic heterocycles. The molecule has 29 heavy (non-hydrogen) atoms. The van der Waals surface area contributed by atoms with Crippen molar-refractivity contribution in [2.45, 2.75) is 6.54 Å². The summed E-state index contributed by atoms with van der Waals surface area (Å²) in [5, 5.41) is 9.78. The summed E-state index contributed by atoms with van der Waals surface area (Å²) < 4.78 is 5.24. The SMILES string of the molecule is COc1ccccc1NC(=O)c1ccc(NC(=O)CN(C)Cc2ccsc2)cc1. The third-order valence-electron chi connectivity index (χ3n) is 4.23. The Balaban J connectivity index is 1.54. The monoisotopic (exact) mass is 409 g/mol. The summed E-state index contributed by atoms with van der Waals surface area (Å²) in [5.74, 6) is 0.244. The van der Waals surface area contributed by atoms with Crippen LogP contribution in [0.25, 0.3) is 0 Å². The van der Waals surface area contributed by atoms with Crippen molar-refractivity contribution in [2.24, 2.45) is 0 Å². The molecule has 0 spiro atoms. The van der Waals surface area contributed by atoms with Gasteiger partial charge in [0.25, 0.3) is 5.91 Å². The number of rotatable bonds is 8. The summed E-state index contributed by atoms with van der Waals surface area (Å²) in [6.07, 6.45) is 0. The van der Waals surface area contributed by atoms with Crippen molar-refractivity contribution < 1.29 is 14.3 Å². The molecular formula is C22H23N3O3S. The van der Waals surface area contributed by atoms with E-state index in [4.69, 9.17) is 4.74 Å². The standard InChI is InChI=1S/C22H23N3O3S/c1-25(13-16-11-12-29-15-16)14-21(26)23-18-9-7-17(8-10-18)22(27)24-19-5-3-4-6-20(19)28-2/h3-12,15H,13-14H2,1-2H3,(H,23,26)(H,24,27). The molecule has 0 aliphatic carbocycles. The van der Waals surface area contributed by atoms with Crippen molar-refractivity contribution in [3.63, 3.8) is 0 Å². The molecule has 0 aliphatic rings. The van der Waals surface area contributed by atoms with Crippen molar-refractivity contribution in [3.05, 3.63) is 76.5 Å². The Morgan fingerprint density at radius 3 is 2.48 bits per heavy atom. The quantitative estimate of drug-likeness (QED) is 0.588. The van der Waals surface area contributed by atoms with Crippen LogP contribution in [0.5, 0.6) is 5.75 Å². The lowest BCUT2D eigenvalue weighted by atomic mass is 10.2. The van der Waals surface area contributed by atoms with Gasteiger partial charge in [0.05, 0.1) is 19.3 Å². The molecule has 0 unspecified atom stereocenters. The highest BCUT2D eigenvalue weighted by Crippen LogP contribution is 2.23. The average Bonchev–Trinajstić information content (AvgIpc) is 3.21. The van der Waals surface area contributed by atoms with E-state index in [1.807, 2.05) is 35.5 Å². The summed E-state index contributed by atoms with van der Waals surface area (Å²) >= 11 is 1.64. The van der Waals surface area contributed by atoms with E-state index in [1.54, 1.807) is 54.8 Å². The molecule has 1 heterocycles. The van der Waals surface area contributed by atoms with E-state index in [2.05, 4.69) is 16.0 Å². The number of methoxy groups -OCH3 is 1. The summed E-state index contributed by atoms with van der Waals surface area (Å²) in [4.78, 5) is 26.6. The van der Waals surface area contributed by atoms with Crippen LogP contribution in [-0.4, -0.2) is 37.4 Å². The lowest BCUT2D eigenvalue weighted by Crippen LogP contribution is -2.29. The van der Waals surface area contributed by atoms with Crippen LogP contribution in [0.2, 0.25) is 0 Å².